The number of rotatable bonds is 3. The Morgan fingerprint density at radius 3 is 2.47 bits per heavy atom. The molecule has 0 radical (unpaired) electrons. The Labute approximate surface area is 119 Å². The maximum absolute atomic E-state index is 6.06. The molecule has 2 rings (SSSR count). The summed E-state index contributed by atoms with van der Waals surface area (Å²) in [5.74, 6) is 0.715. The van der Waals surface area contributed by atoms with Gasteiger partial charge in [0.25, 0.3) is 0 Å². The molecule has 88 valence electrons. The Bertz CT molecular complexity index is 531. The fourth-order valence-corrected chi connectivity index (χ4v) is 2.98. The summed E-state index contributed by atoms with van der Waals surface area (Å²) < 4.78 is 0. The van der Waals surface area contributed by atoms with Crippen molar-refractivity contribution in [3.05, 3.63) is 57.3 Å². The molecule has 17 heavy (non-hydrogen) atoms. The highest BCUT2D eigenvalue weighted by molar-refractivity contribution is 7.98. The molecule has 0 fully saturated rings. The van der Waals surface area contributed by atoms with Crippen LogP contribution in [0.5, 0.6) is 0 Å². The fraction of sp³-hybridized carbons (Fsp3) is 0.0833. The molecule has 0 saturated carbocycles. The molecular weight excluding hydrogens is 297 g/mol. The van der Waals surface area contributed by atoms with Crippen molar-refractivity contribution >= 4 is 46.6 Å². The lowest BCUT2D eigenvalue weighted by molar-refractivity contribution is 1.25. The minimum Gasteiger partial charge on any atom is -0.224 e. The van der Waals surface area contributed by atoms with Gasteiger partial charge in [-0.3, -0.25) is 0 Å². The van der Waals surface area contributed by atoms with Crippen LogP contribution < -0.4 is 0 Å². The van der Waals surface area contributed by atoms with Crippen LogP contribution in [0.4, 0.5) is 0 Å². The van der Waals surface area contributed by atoms with Crippen LogP contribution in [-0.2, 0) is 5.75 Å². The normalized spacial score (nSPS) is 10.5. The highest BCUT2D eigenvalue weighted by atomic mass is 35.5. The minimum absolute atomic E-state index is 0.404. The third-order valence-electron chi connectivity index (χ3n) is 2.11. The first kappa shape index (κ1) is 13.0. The maximum Gasteiger partial charge on any atom is 0.134 e. The Hall–Kier alpha value is -0.410. The second-order valence-corrected chi connectivity index (χ2v) is 5.47. The second-order valence-electron chi connectivity index (χ2n) is 3.30. The van der Waals surface area contributed by atoms with Gasteiger partial charge in [-0.15, -0.1) is 11.8 Å². The lowest BCUT2D eigenvalue weighted by atomic mass is 10.3. The van der Waals surface area contributed by atoms with E-state index in [1.54, 1.807) is 17.8 Å². The zero-order valence-corrected chi connectivity index (χ0v) is 11.7. The molecule has 1 heterocycles. The minimum atomic E-state index is 0.404. The number of pyridine rings is 1. The predicted molar refractivity (Wildman–Crippen MR) is 75.3 cm³/mol. The molecule has 0 amide bonds. The van der Waals surface area contributed by atoms with E-state index in [1.165, 1.54) is 0 Å². The topological polar surface area (TPSA) is 12.9 Å². The highest BCUT2D eigenvalue weighted by Crippen LogP contribution is 2.31. The van der Waals surface area contributed by atoms with E-state index in [0.717, 1.165) is 15.5 Å². The standard InChI is InChI=1S/C12H8Cl3NS/c13-9-3-1-2-4-10(9)17-7-8-5-6-11(14)16-12(8)15/h1-6H,7H2. The van der Waals surface area contributed by atoms with Gasteiger partial charge in [0.05, 0.1) is 5.02 Å². The second kappa shape index (κ2) is 5.96. The Morgan fingerprint density at radius 1 is 1.00 bits per heavy atom. The van der Waals surface area contributed by atoms with E-state index in [-0.39, 0.29) is 0 Å². The summed E-state index contributed by atoms with van der Waals surface area (Å²) in [5, 5.41) is 1.59. The number of aromatic nitrogens is 1. The van der Waals surface area contributed by atoms with Crippen molar-refractivity contribution in [1.29, 1.82) is 0 Å². The summed E-state index contributed by atoms with van der Waals surface area (Å²) in [5.41, 5.74) is 0.945. The van der Waals surface area contributed by atoms with E-state index in [9.17, 15) is 0 Å². The van der Waals surface area contributed by atoms with E-state index >= 15 is 0 Å². The SMILES string of the molecule is Clc1ccc(CSc2ccccc2Cl)c(Cl)n1. The largest absolute Gasteiger partial charge is 0.224 e. The van der Waals surface area contributed by atoms with Gasteiger partial charge in [-0.1, -0.05) is 53.0 Å². The lowest BCUT2D eigenvalue weighted by Crippen LogP contribution is -1.87. The number of thioether (sulfide) groups is 1. The van der Waals surface area contributed by atoms with E-state index in [1.807, 2.05) is 30.3 Å². The van der Waals surface area contributed by atoms with Crippen molar-refractivity contribution < 1.29 is 0 Å². The Morgan fingerprint density at radius 2 is 1.76 bits per heavy atom. The lowest BCUT2D eigenvalue weighted by Gasteiger charge is -2.05. The molecular formula is C12H8Cl3NS. The Balaban J connectivity index is 2.10. The van der Waals surface area contributed by atoms with E-state index in [0.29, 0.717) is 16.1 Å². The summed E-state index contributed by atoms with van der Waals surface area (Å²) in [4.78, 5) is 5.02. The predicted octanol–water partition coefficient (Wildman–Crippen LogP) is 5.33. The third-order valence-corrected chi connectivity index (χ3v) is 4.21. The van der Waals surface area contributed by atoms with Gasteiger partial charge in [-0.2, -0.15) is 0 Å². The van der Waals surface area contributed by atoms with E-state index in [2.05, 4.69) is 4.98 Å². The molecule has 0 bridgehead atoms. The average molecular weight is 305 g/mol. The number of hydrogen-bond donors (Lipinski definition) is 0. The molecule has 0 aliphatic carbocycles. The zero-order chi connectivity index (χ0) is 12.3. The monoisotopic (exact) mass is 303 g/mol. The van der Waals surface area contributed by atoms with Crippen LogP contribution in [0.3, 0.4) is 0 Å². The molecule has 1 nitrogen and oxygen atoms in total. The quantitative estimate of drug-likeness (QED) is 0.561. The highest BCUT2D eigenvalue weighted by Gasteiger charge is 2.05. The third kappa shape index (κ3) is 3.52. The van der Waals surface area contributed by atoms with Gasteiger partial charge in [0.1, 0.15) is 10.3 Å². The summed E-state index contributed by atoms with van der Waals surface area (Å²) in [6.45, 7) is 0. The molecule has 0 spiro atoms. The maximum atomic E-state index is 6.06. The van der Waals surface area contributed by atoms with Crippen molar-refractivity contribution in [2.75, 3.05) is 0 Å². The Kier molecular flexibility index (Phi) is 4.57. The van der Waals surface area contributed by atoms with Gasteiger partial charge in [0.2, 0.25) is 0 Å². The molecule has 0 unspecified atom stereocenters. The number of nitrogens with zero attached hydrogens (tertiary/aromatic N) is 1. The first-order chi connectivity index (χ1) is 8.16. The molecule has 0 aliphatic heterocycles. The van der Waals surface area contributed by atoms with Crippen LogP contribution in [0.25, 0.3) is 0 Å². The molecule has 0 N–H and O–H groups in total. The molecule has 1 aromatic heterocycles. The summed E-state index contributed by atoms with van der Waals surface area (Å²) in [6.07, 6.45) is 0. The average Bonchev–Trinajstić information content (AvgIpc) is 2.30. The molecule has 2 aromatic rings. The van der Waals surface area contributed by atoms with Crippen LogP contribution in [-0.4, -0.2) is 4.98 Å². The van der Waals surface area contributed by atoms with Gasteiger partial charge in [-0.05, 0) is 23.8 Å². The van der Waals surface area contributed by atoms with Crippen LogP contribution in [0.15, 0.2) is 41.3 Å². The van der Waals surface area contributed by atoms with E-state index < -0.39 is 0 Å². The molecule has 0 aliphatic rings. The first-order valence-electron chi connectivity index (χ1n) is 4.85. The van der Waals surface area contributed by atoms with Gasteiger partial charge >= 0.3 is 0 Å². The van der Waals surface area contributed by atoms with Gasteiger partial charge in [0.15, 0.2) is 0 Å². The van der Waals surface area contributed by atoms with Crippen LogP contribution >= 0.6 is 46.6 Å². The van der Waals surface area contributed by atoms with Gasteiger partial charge in [-0.25, -0.2) is 4.98 Å². The van der Waals surface area contributed by atoms with Crippen LogP contribution in [0.2, 0.25) is 15.3 Å². The van der Waals surface area contributed by atoms with E-state index in [4.69, 9.17) is 34.8 Å². The van der Waals surface area contributed by atoms with Crippen LogP contribution in [0.1, 0.15) is 5.56 Å². The zero-order valence-electron chi connectivity index (χ0n) is 8.66. The number of benzene rings is 1. The molecule has 0 saturated heterocycles. The smallest absolute Gasteiger partial charge is 0.134 e. The van der Waals surface area contributed by atoms with Gasteiger partial charge in [0, 0.05) is 10.6 Å². The van der Waals surface area contributed by atoms with Crippen molar-refractivity contribution in [3.8, 4) is 0 Å². The van der Waals surface area contributed by atoms with Crippen molar-refractivity contribution in [2.45, 2.75) is 10.6 Å². The summed E-state index contributed by atoms with van der Waals surface area (Å²) in [7, 11) is 0. The summed E-state index contributed by atoms with van der Waals surface area (Å²) >= 11 is 19.4. The molecule has 0 atom stereocenters. The molecule has 5 heteroatoms. The number of halogens is 3. The van der Waals surface area contributed by atoms with Gasteiger partial charge < -0.3 is 0 Å². The van der Waals surface area contributed by atoms with Crippen LogP contribution in [0, 0.1) is 0 Å². The van der Waals surface area contributed by atoms with Crippen molar-refractivity contribution in [2.24, 2.45) is 0 Å². The number of hydrogen-bond acceptors (Lipinski definition) is 2. The fourth-order valence-electron chi connectivity index (χ4n) is 1.27. The van der Waals surface area contributed by atoms with Crippen molar-refractivity contribution in [1.82, 2.24) is 4.98 Å². The van der Waals surface area contributed by atoms with Crippen molar-refractivity contribution in [3.63, 3.8) is 0 Å². The molecule has 1 aromatic carbocycles. The first-order valence-corrected chi connectivity index (χ1v) is 6.97. The summed E-state index contributed by atoms with van der Waals surface area (Å²) in [6, 6.07) is 11.3.